The molecule has 0 aliphatic carbocycles. The molecule has 0 amide bonds. The van der Waals surface area contributed by atoms with Gasteiger partial charge < -0.3 is 9.31 Å². The summed E-state index contributed by atoms with van der Waals surface area (Å²) in [4.78, 5) is 2.47. The van der Waals surface area contributed by atoms with Crippen molar-refractivity contribution < 1.29 is 9.31 Å². The number of benzene rings is 2. The van der Waals surface area contributed by atoms with Gasteiger partial charge >= 0.3 is 7.12 Å². The third kappa shape index (κ3) is 3.21. The van der Waals surface area contributed by atoms with Gasteiger partial charge in [-0.2, -0.15) is 0 Å². The van der Waals surface area contributed by atoms with Gasteiger partial charge in [-0.1, -0.05) is 42.1 Å². The molecule has 1 heterocycles. The molecule has 19 heavy (non-hydrogen) atoms. The third-order valence-corrected chi connectivity index (χ3v) is 3.99. The average Bonchev–Trinajstić information content (AvgIpc) is 2.87. The molecule has 4 heteroatoms. The lowest BCUT2D eigenvalue weighted by molar-refractivity contribution is 0.258. The van der Waals surface area contributed by atoms with Crippen LogP contribution >= 0.6 is 11.8 Å². The van der Waals surface area contributed by atoms with E-state index in [9.17, 15) is 0 Å². The maximum absolute atomic E-state index is 5.68. The highest BCUT2D eigenvalue weighted by atomic mass is 32.2. The van der Waals surface area contributed by atoms with Crippen molar-refractivity contribution in [2.45, 2.75) is 22.8 Å². The van der Waals surface area contributed by atoms with Gasteiger partial charge in [-0.3, -0.25) is 0 Å². The molecule has 2 aromatic rings. The smallest absolute Gasteiger partial charge is 0.405 e. The summed E-state index contributed by atoms with van der Waals surface area (Å²) in [5.41, 5.74) is 1.08. The van der Waals surface area contributed by atoms with Crippen LogP contribution < -0.4 is 5.46 Å². The molecule has 1 aliphatic rings. The topological polar surface area (TPSA) is 18.5 Å². The van der Waals surface area contributed by atoms with E-state index < -0.39 is 0 Å². The summed E-state index contributed by atoms with van der Waals surface area (Å²) in [5, 5.41) is 0. The second-order valence-electron chi connectivity index (χ2n) is 4.60. The van der Waals surface area contributed by atoms with Crippen LogP contribution in [0, 0.1) is 0 Å². The Bertz CT molecular complexity index is 530. The maximum atomic E-state index is 5.68. The van der Waals surface area contributed by atoms with Crippen molar-refractivity contribution >= 4 is 24.3 Å². The van der Waals surface area contributed by atoms with Crippen molar-refractivity contribution in [3.63, 3.8) is 0 Å². The molecule has 0 bridgehead atoms. The van der Waals surface area contributed by atoms with Gasteiger partial charge in [-0.15, -0.1) is 0 Å². The Balaban J connectivity index is 1.69. The van der Waals surface area contributed by atoms with Crippen molar-refractivity contribution in [1.82, 2.24) is 0 Å². The molecule has 2 aromatic carbocycles. The van der Waals surface area contributed by atoms with E-state index in [1.807, 2.05) is 13.0 Å². The predicted octanol–water partition coefficient (Wildman–Crippen LogP) is 2.97. The molecule has 0 saturated carbocycles. The van der Waals surface area contributed by atoms with Crippen molar-refractivity contribution in [3.05, 3.63) is 54.6 Å². The van der Waals surface area contributed by atoms with Crippen LogP contribution in [-0.4, -0.2) is 19.8 Å². The first kappa shape index (κ1) is 12.8. The van der Waals surface area contributed by atoms with E-state index in [0.717, 1.165) is 5.46 Å². The monoisotopic (exact) mass is 270 g/mol. The third-order valence-electron chi connectivity index (χ3n) is 2.97. The first-order valence-electron chi connectivity index (χ1n) is 6.41. The summed E-state index contributed by atoms with van der Waals surface area (Å²) >= 11 is 1.76. The Hall–Kier alpha value is -1.23. The van der Waals surface area contributed by atoms with Gasteiger partial charge in [-0.25, -0.2) is 0 Å². The Kier molecular flexibility index (Phi) is 3.92. The van der Waals surface area contributed by atoms with Gasteiger partial charge in [0.15, 0.2) is 0 Å². The largest absolute Gasteiger partial charge is 0.494 e. The van der Waals surface area contributed by atoms with Crippen LogP contribution in [0.4, 0.5) is 0 Å². The van der Waals surface area contributed by atoms with E-state index in [1.165, 1.54) is 9.79 Å². The molecule has 1 atom stereocenters. The van der Waals surface area contributed by atoms with Gasteiger partial charge in [-0.05, 0) is 36.7 Å². The van der Waals surface area contributed by atoms with Crippen molar-refractivity contribution in [1.29, 1.82) is 0 Å². The van der Waals surface area contributed by atoms with Crippen LogP contribution in [0.2, 0.25) is 0 Å². The van der Waals surface area contributed by atoms with E-state index in [1.54, 1.807) is 11.8 Å². The molecule has 0 spiro atoms. The second kappa shape index (κ2) is 5.82. The lowest BCUT2D eigenvalue weighted by atomic mass is 9.79. The highest BCUT2D eigenvalue weighted by Crippen LogP contribution is 2.26. The van der Waals surface area contributed by atoms with Gasteiger partial charge in [0.05, 0.1) is 12.7 Å². The van der Waals surface area contributed by atoms with Crippen LogP contribution in [0.5, 0.6) is 0 Å². The molecule has 0 N–H and O–H groups in total. The SMILES string of the molecule is CC1COB(c2ccc(Sc3ccccc3)cc2)O1. The molecule has 1 unspecified atom stereocenters. The number of rotatable bonds is 3. The lowest BCUT2D eigenvalue weighted by Crippen LogP contribution is -2.31. The summed E-state index contributed by atoms with van der Waals surface area (Å²) in [6.07, 6.45) is 0.184. The van der Waals surface area contributed by atoms with Crippen LogP contribution in [0.25, 0.3) is 0 Å². The molecule has 3 rings (SSSR count). The Morgan fingerprint density at radius 3 is 2.32 bits per heavy atom. The molecular formula is C15H15BO2S. The molecule has 0 radical (unpaired) electrons. The standard InChI is InChI=1S/C15H15BO2S/c1-12-11-17-16(18-12)13-7-9-15(10-8-13)19-14-5-3-2-4-6-14/h2-10,12H,11H2,1H3. The van der Waals surface area contributed by atoms with Gasteiger partial charge in [0.25, 0.3) is 0 Å². The molecule has 0 aromatic heterocycles. The summed E-state index contributed by atoms with van der Waals surface area (Å²) in [6, 6.07) is 18.7. The Morgan fingerprint density at radius 1 is 1.00 bits per heavy atom. The zero-order chi connectivity index (χ0) is 13.1. The summed E-state index contributed by atoms with van der Waals surface area (Å²) in [6.45, 7) is 2.70. The Morgan fingerprint density at radius 2 is 1.68 bits per heavy atom. The molecule has 2 nitrogen and oxygen atoms in total. The van der Waals surface area contributed by atoms with Crippen molar-refractivity contribution in [3.8, 4) is 0 Å². The highest BCUT2D eigenvalue weighted by molar-refractivity contribution is 7.99. The minimum atomic E-state index is -0.203. The fourth-order valence-electron chi connectivity index (χ4n) is 2.00. The van der Waals surface area contributed by atoms with Crippen molar-refractivity contribution in [2.75, 3.05) is 6.61 Å². The molecule has 1 saturated heterocycles. The number of hydrogen-bond donors (Lipinski definition) is 0. The fourth-order valence-corrected chi connectivity index (χ4v) is 2.84. The predicted molar refractivity (Wildman–Crippen MR) is 78.9 cm³/mol. The quantitative estimate of drug-likeness (QED) is 0.799. The number of hydrogen-bond acceptors (Lipinski definition) is 3. The minimum absolute atomic E-state index is 0.184. The minimum Gasteiger partial charge on any atom is -0.405 e. The fraction of sp³-hybridized carbons (Fsp3) is 0.200. The zero-order valence-electron chi connectivity index (χ0n) is 10.8. The van der Waals surface area contributed by atoms with E-state index in [4.69, 9.17) is 9.31 Å². The first-order chi connectivity index (χ1) is 9.31. The average molecular weight is 270 g/mol. The van der Waals surface area contributed by atoms with Gasteiger partial charge in [0.1, 0.15) is 0 Å². The first-order valence-corrected chi connectivity index (χ1v) is 7.23. The summed E-state index contributed by atoms with van der Waals surface area (Å²) in [5.74, 6) is 0. The van der Waals surface area contributed by atoms with Crippen LogP contribution in [0.3, 0.4) is 0 Å². The van der Waals surface area contributed by atoms with Crippen LogP contribution in [0.15, 0.2) is 64.4 Å². The van der Waals surface area contributed by atoms with E-state index >= 15 is 0 Å². The Labute approximate surface area is 118 Å². The van der Waals surface area contributed by atoms with E-state index in [2.05, 4.69) is 48.5 Å². The summed E-state index contributed by atoms with van der Waals surface area (Å²) in [7, 11) is -0.203. The molecule has 1 aliphatic heterocycles. The molecule has 96 valence electrons. The summed E-state index contributed by atoms with van der Waals surface area (Å²) < 4.78 is 11.3. The van der Waals surface area contributed by atoms with Gasteiger partial charge in [0.2, 0.25) is 0 Å². The van der Waals surface area contributed by atoms with Gasteiger partial charge in [0, 0.05) is 9.79 Å². The molecule has 1 fully saturated rings. The lowest BCUT2D eigenvalue weighted by Gasteiger charge is -2.06. The second-order valence-corrected chi connectivity index (χ2v) is 5.74. The normalized spacial score (nSPS) is 18.8. The molecular weight excluding hydrogens is 255 g/mol. The van der Waals surface area contributed by atoms with Crippen LogP contribution in [0.1, 0.15) is 6.92 Å². The maximum Gasteiger partial charge on any atom is 0.494 e. The van der Waals surface area contributed by atoms with Crippen LogP contribution in [-0.2, 0) is 9.31 Å². The van der Waals surface area contributed by atoms with E-state index in [-0.39, 0.29) is 13.2 Å². The zero-order valence-corrected chi connectivity index (χ0v) is 11.6. The highest BCUT2D eigenvalue weighted by Gasteiger charge is 2.30. The van der Waals surface area contributed by atoms with Crippen molar-refractivity contribution in [2.24, 2.45) is 0 Å². The van der Waals surface area contributed by atoms with E-state index in [0.29, 0.717) is 6.61 Å².